The average Bonchev–Trinajstić information content (AvgIpc) is 2.42. The largest absolute Gasteiger partial charge is 0.482 e. The number of carbonyl (C=O) groups is 1. The number of urea groups is 1. The Morgan fingerprint density at radius 1 is 1.45 bits per heavy atom. The number of ether oxygens (including phenoxy) is 1. The third kappa shape index (κ3) is 6.40. The summed E-state index contributed by atoms with van der Waals surface area (Å²) in [6.07, 6.45) is -4.10. The number of nitrogens with one attached hydrogen (secondary N) is 1. The molecule has 0 radical (unpaired) electrons. The molecule has 1 rings (SSSR count). The van der Waals surface area contributed by atoms with Crippen molar-refractivity contribution in [2.45, 2.75) is 12.6 Å². The summed E-state index contributed by atoms with van der Waals surface area (Å²) in [5, 5.41) is 11.4. The Bertz CT molecular complexity index is 512. The van der Waals surface area contributed by atoms with Crippen molar-refractivity contribution in [2.75, 3.05) is 32.1 Å². The molecular formula is C13H16ClF3N2O3. The number of alkyl halides is 3. The maximum Gasteiger partial charge on any atom is 0.422 e. The third-order valence-corrected chi connectivity index (χ3v) is 2.81. The van der Waals surface area contributed by atoms with Gasteiger partial charge in [0.25, 0.3) is 0 Å². The normalized spacial score (nSPS) is 11.2. The first-order chi connectivity index (χ1) is 10.2. The molecule has 0 unspecified atom stereocenters. The summed E-state index contributed by atoms with van der Waals surface area (Å²) in [5.41, 5.74) is 0.0394. The SMILES string of the molecule is CN(CCCO)C(=O)Nc1cc(Cl)ccc1OCC(F)(F)F. The fraction of sp³-hybridized carbons (Fsp3) is 0.462. The molecule has 0 aliphatic heterocycles. The first-order valence-corrected chi connectivity index (χ1v) is 6.73. The number of anilines is 1. The zero-order valence-corrected chi connectivity index (χ0v) is 12.5. The molecule has 124 valence electrons. The lowest BCUT2D eigenvalue weighted by Crippen LogP contribution is -2.32. The van der Waals surface area contributed by atoms with E-state index in [1.54, 1.807) is 0 Å². The Hall–Kier alpha value is -1.67. The smallest absolute Gasteiger partial charge is 0.422 e. The average molecular weight is 341 g/mol. The van der Waals surface area contributed by atoms with Crippen molar-refractivity contribution < 1.29 is 27.8 Å². The molecular weight excluding hydrogens is 325 g/mol. The van der Waals surface area contributed by atoms with Gasteiger partial charge in [-0.05, 0) is 24.6 Å². The molecule has 9 heteroatoms. The van der Waals surface area contributed by atoms with E-state index < -0.39 is 18.8 Å². The van der Waals surface area contributed by atoms with Crippen LogP contribution < -0.4 is 10.1 Å². The van der Waals surface area contributed by atoms with Crippen LogP contribution in [-0.4, -0.2) is 49.0 Å². The predicted molar refractivity (Wildman–Crippen MR) is 76.4 cm³/mol. The van der Waals surface area contributed by atoms with E-state index in [0.717, 1.165) is 0 Å². The van der Waals surface area contributed by atoms with Crippen molar-refractivity contribution in [1.82, 2.24) is 4.90 Å². The summed E-state index contributed by atoms with van der Waals surface area (Å²) in [4.78, 5) is 13.2. The summed E-state index contributed by atoms with van der Waals surface area (Å²) in [6.45, 7) is -1.26. The van der Waals surface area contributed by atoms with Gasteiger partial charge in [0.1, 0.15) is 5.75 Å². The molecule has 1 aromatic carbocycles. The highest BCUT2D eigenvalue weighted by Crippen LogP contribution is 2.29. The van der Waals surface area contributed by atoms with E-state index >= 15 is 0 Å². The highest BCUT2D eigenvalue weighted by Gasteiger charge is 2.29. The minimum atomic E-state index is -4.49. The molecule has 0 atom stereocenters. The van der Waals surface area contributed by atoms with Gasteiger partial charge in [-0.3, -0.25) is 0 Å². The number of nitrogens with zero attached hydrogens (tertiary/aromatic N) is 1. The van der Waals surface area contributed by atoms with Gasteiger partial charge in [-0.1, -0.05) is 11.6 Å². The van der Waals surface area contributed by atoms with E-state index in [4.69, 9.17) is 16.7 Å². The van der Waals surface area contributed by atoms with Gasteiger partial charge in [-0.25, -0.2) is 4.79 Å². The molecule has 0 aliphatic carbocycles. The Balaban J connectivity index is 2.79. The van der Waals surface area contributed by atoms with Crippen molar-refractivity contribution in [2.24, 2.45) is 0 Å². The number of amides is 2. The van der Waals surface area contributed by atoms with Crippen LogP contribution in [0, 0.1) is 0 Å². The number of carbonyl (C=O) groups excluding carboxylic acids is 1. The lowest BCUT2D eigenvalue weighted by Gasteiger charge is -2.19. The van der Waals surface area contributed by atoms with Gasteiger partial charge < -0.3 is 20.1 Å². The Morgan fingerprint density at radius 2 is 2.14 bits per heavy atom. The molecule has 1 aromatic rings. The van der Waals surface area contributed by atoms with E-state index in [2.05, 4.69) is 10.1 Å². The van der Waals surface area contributed by atoms with Crippen LogP contribution >= 0.6 is 11.6 Å². The van der Waals surface area contributed by atoms with Gasteiger partial charge in [0.15, 0.2) is 6.61 Å². The van der Waals surface area contributed by atoms with Gasteiger partial charge in [0, 0.05) is 25.2 Å². The summed E-state index contributed by atoms with van der Waals surface area (Å²) < 4.78 is 41.3. The number of hydrogen-bond donors (Lipinski definition) is 2. The van der Waals surface area contributed by atoms with Crippen molar-refractivity contribution in [3.8, 4) is 5.75 Å². The standard InChI is InChI=1S/C13H16ClF3N2O3/c1-19(5-2-6-20)12(21)18-10-7-9(14)3-4-11(10)22-8-13(15,16)17/h3-4,7,20H,2,5-6,8H2,1H3,(H,18,21). The van der Waals surface area contributed by atoms with Crippen LogP contribution in [0.25, 0.3) is 0 Å². The van der Waals surface area contributed by atoms with Crippen molar-refractivity contribution in [3.63, 3.8) is 0 Å². The molecule has 0 saturated carbocycles. The van der Waals surface area contributed by atoms with Crippen LogP contribution in [0.2, 0.25) is 5.02 Å². The number of rotatable bonds is 6. The number of hydrogen-bond acceptors (Lipinski definition) is 3. The predicted octanol–water partition coefficient (Wildman–Crippen LogP) is 3.13. The molecule has 0 heterocycles. The Labute approximate surface area is 130 Å². The number of aliphatic hydroxyl groups is 1. The summed E-state index contributed by atoms with van der Waals surface area (Å²) in [5.74, 6) is -0.134. The van der Waals surface area contributed by atoms with Crippen LogP contribution in [0.3, 0.4) is 0 Å². The minimum absolute atomic E-state index is 0.0394. The lowest BCUT2D eigenvalue weighted by atomic mass is 10.3. The van der Waals surface area contributed by atoms with Crippen LogP contribution in [0.15, 0.2) is 18.2 Å². The van der Waals surface area contributed by atoms with Gasteiger partial charge in [-0.2, -0.15) is 13.2 Å². The molecule has 0 aliphatic rings. The molecule has 2 N–H and O–H groups in total. The topological polar surface area (TPSA) is 61.8 Å². The summed E-state index contributed by atoms with van der Waals surface area (Å²) in [6, 6.07) is 3.36. The van der Waals surface area contributed by atoms with E-state index in [1.165, 1.54) is 30.1 Å². The first kappa shape index (κ1) is 18.4. The second-order valence-corrected chi connectivity index (χ2v) is 4.91. The Kier molecular flexibility index (Phi) is 6.76. The molecule has 0 bridgehead atoms. The third-order valence-electron chi connectivity index (χ3n) is 2.57. The zero-order valence-electron chi connectivity index (χ0n) is 11.8. The lowest BCUT2D eigenvalue weighted by molar-refractivity contribution is -0.153. The van der Waals surface area contributed by atoms with E-state index in [1.807, 2.05) is 0 Å². The summed E-state index contributed by atoms with van der Waals surface area (Å²) in [7, 11) is 1.49. The number of aliphatic hydroxyl groups excluding tert-OH is 1. The molecule has 5 nitrogen and oxygen atoms in total. The highest BCUT2D eigenvalue weighted by molar-refractivity contribution is 6.31. The van der Waals surface area contributed by atoms with Gasteiger partial charge in [0.05, 0.1) is 5.69 Å². The molecule has 0 aromatic heterocycles. The minimum Gasteiger partial charge on any atom is -0.482 e. The molecule has 2 amide bonds. The van der Waals surface area contributed by atoms with Crippen molar-refractivity contribution in [3.05, 3.63) is 23.2 Å². The fourth-order valence-electron chi connectivity index (χ4n) is 1.51. The fourth-order valence-corrected chi connectivity index (χ4v) is 1.68. The van der Waals surface area contributed by atoms with Gasteiger partial charge in [0.2, 0.25) is 0 Å². The second kappa shape index (κ2) is 8.09. The van der Waals surface area contributed by atoms with E-state index in [9.17, 15) is 18.0 Å². The molecule has 0 spiro atoms. The second-order valence-electron chi connectivity index (χ2n) is 4.47. The van der Waals surface area contributed by atoms with Crippen molar-refractivity contribution >= 4 is 23.3 Å². The van der Waals surface area contributed by atoms with Crippen molar-refractivity contribution in [1.29, 1.82) is 0 Å². The molecule has 0 fully saturated rings. The molecule has 22 heavy (non-hydrogen) atoms. The maximum atomic E-state index is 12.2. The molecule has 0 saturated heterocycles. The number of halogens is 4. The quantitative estimate of drug-likeness (QED) is 0.836. The van der Waals surface area contributed by atoms with Gasteiger partial charge in [-0.15, -0.1) is 0 Å². The zero-order chi connectivity index (χ0) is 16.8. The van der Waals surface area contributed by atoms with Gasteiger partial charge >= 0.3 is 12.2 Å². The van der Waals surface area contributed by atoms with E-state index in [0.29, 0.717) is 13.0 Å². The van der Waals surface area contributed by atoms with E-state index in [-0.39, 0.29) is 23.1 Å². The maximum absolute atomic E-state index is 12.2. The Morgan fingerprint density at radius 3 is 2.73 bits per heavy atom. The first-order valence-electron chi connectivity index (χ1n) is 6.35. The van der Waals surface area contributed by atoms with Crippen LogP contribution in [0.5, 0.6) is 5.75 Å². The summed E-state index contributed by atoms with van der Waals surface area (Å²) >= 11 is 5.78. The van der Waals surface area contributed by atoms with Crippen LogP contribution in [-0.2, 0) is 0 Å². The van der Waals surface area contributed by atoms with Crippen LogP contribution in [0.4, 0.5) is 23.7 Å². The number of benzene rings is 1. The highest BCUT2D eigenvalue weighted by atomic mass is 35.5. The van der Waals surface area contributed by atoms with Crippen LogP contribution in [0.1, 0.15) is 6.42 Å². The monoisotopic (exact) mass is 340 g/mol.